The minimum Gasteiger partial charge on any atom is -0.548 e. The summed E-state index contributed by atoms with van der Waals surface area (Å²) in [4.78, 5) is 38.0. The Morgan fingerprint density at radius 2 is 2.00 bits per heavy atom. The van der Waals surface area contributed by atoms with E-state index in [-0.39, 0.29) is 25.1 Å². The molecule has 0 saturated heterocycles. The highest BCUT2D eigenvalue weighted by molar-refractivity contribution is 7.80. The van der Waals surface area contributed by atoms with Crippen LogP contribution in [0.1, 0.15) is 12.8 Å². The number of carboxylic acid groups (broad SMARTS) is 1. The molecule has 0 aliphatic carbocycles. The van der Waals surface area contributed by atoms with E-state index in [1.807, 2.05) is 6.07 Å². The molecule has 2 aromatic rings. The number of carbonyl (C=O) groups is 2. The van der Waals surface area contributed by atoms with Crippen LogP contribution in [0.25, 0.3) is 10.4 Å². The Kier molecular flexibility index (Phi) is 8.64. The number of ether oxygens (including phenoxy) is 1. The SMILES string of the molecule is NC(=NCCCC(NC(=O)Oc1ccc(-c2cc(=S)ss2)cc1)C(=O)[O-])N[N+](=O)[O-]. The maximum atomic E-state index is 12.0. The molecule has 0 fully saturated rings. The molecular weight excluding hydrogens is 454 g/mol. The first kappa shape index (κ1) is 23.2. The molecule has 1 atom stereocenters. The number of hydrazine groups is 1. The van der Waals surface area contributed by atoms with Crippen molar-refractivity contribution in [1.29, 1.82) is 0 Å². The van der Waals surface area contributed by atoms with Gasteiger partial charge in [-0.05, 0) is 48.7 Å². The van der Waals surface area contributed by atoms with Gasteiger partial charge >= 0.3 is 6.09 Å². The van der Waals surface area contributed by atoms with Gasteiger partial charge in [-0.1, -0.05) is 38.3 Å². The van der Waals surface area contributed by atoms with E-state index < -0.39 is 29.1 Å². The highest BCUT2D eigenvalue weighted by Gasteiger charge is 2.15. The van der Waals surface area contributed by atoms with Gasteiger partial charge < -0.3 is 25.7 Å². The maximum absolute atomic E-state index is 12.0. The molecule has 14 heteroatoms. The normalized spacial score (nSPS) is 12.1. The number of carboxylic acids is 1. The summed E-state index contributed by atoms with van der Waals surface area (Å²) in [5.74, 6) is -1.68. The number of nitrogens with one attached hydrogen (secondary N) is 2. The van der Waals surface area contributed by atoms with Gasteiger partial charge in [-0.25, -0.2) is 19.9 Å². The third-order valence-corrected chi connectivity index (χ3v) is 6.44. The molecule has 160 valence electrons. The van der Waals surface area contributed by atoms with Gasteiger partial charge in [0.1, 0.15) is 9.57 Å². The molecule has 1 aromatic heterocycles. The highest BCUT2D eigenvalue weighted by Crippen LogP contribution is 2.30. The Bertz CT molecular complexity index is 988. The molecule has 0 aliphatic heterocycles. The number of amides is 1. The second-order valence-electron chi connectivity index (χ2n) is 5.70. The number of aliphatic imine (C=N–C) groups is 1. The van der Waals surface area contributed by atoms with Gasteiger partial charge in [0.2, 0.25) is 0 Å². The molecule has 0 spiro atoms. The van der Waals surface area contributed by atoms with Crippen molar-refractivity contribution in [2.75, 3.05) is 6.54 Å². The summed E-state index contributed by atoms with van der Waals surface area (Å²) < 4.78 is 5.87. The molecule has 2 rings (SSSR count). The number of hydrogen-bond acceptors (Lipinski definition) is 10. The first-order valence-electron chi connectivity index (χ1n) is 8.35. The Labute approximate surface area is 182 Å². The minimum atomic E-state index is -1.50. The zero-order valence-corrected chi connectivity index (χ0v) is 17.7. The minimum absolute atomic E-state index is 0.0181. The van der Waals surface area contributed by atoms with Gasteiger partial charge in [-0.15, -0.1) is 0 Å². The fourth-order valence-electron chi connectivity index (χ4n) is 2.21. The lowest BCUT2D eigenvalue weighted by molar-refractivity contribution is -0.525. The van der Waals surface area contributed by atoms with Gasteiger partial charge in [0.25, 0.3) is 5.96 Å². The van der Waals surface area contributed by atoms with Crippen molar-refractivity contribution in [3.8, 4) is 16.2 Å². The molecule has 1 heterocycles. The highest BCUT2D eigenvalue weighted by atomic mass is 32.9. The lowest BCUT2D eigenvalue weighted by Crippen LogP contribution is -2.48. The molecule has 1 unspecified atom stereocenters. The first-order valence-corrected chi connectivity index (χ1v) is 10.9. The fourth-order valence-corrected chi connectivity index (χ4v) is 4.61. The van der Waals surface area contributed by atoms with Gasteiger partial charge in [-0.2, -0.15) is 0 Å². The Hall–Kier alpha value is -3.10. The van der Waals surface area contributed by atoms with E-state index in [0.29, 0.717) is 0 Å². The fraction of sp³-hybridized carbons (Fsp3) is 0.250. The number of rotatable bonds is 9. The summed E-state index contributed by atoms with van der Waals surface area (Å²) in [6.07, 6.45) is -0.809. The number of nitro groups is 1. The molecule has 0 saturated carbocycles. The van der Waals surface area contributed by atoms with Crippen LogP contribution in [0.2, 0.25) is 0 Å². The van der Waals surface area contributed by atoms with Crippen LogP contribution in [0.4, 0.5) is 4.79 Å². The number of guanidine groups is 1. The van der Waals surface area contributed by atoms with Gasteiger partial charge in [0, 0.05) is 11.4 Å². The van der Waals surface area contributed by atoms with Crippen molar-refractivity contribution < 1.29 is 24.5 Å². The van der Waals surface area contributed by atoms with Crippen molar-refractivity contribution in [1.82, 2.24) is 10.7 Å². The van der Waals surface area contributed by atoms with E-state index >= 15 is 0 Å². The topological polar surface area (TPSA) is 172 Å². The van der Waals surface area contributed by atoms with Crippen LogP contribution in [0.15, 0.2) is 35.3 Å². The van der Waals surface area contributed by atoms with Crippen LogP contribution < -0.4 is 26.3 Å². The van der Waals surface area contributed by atoms with Crippen molar-refractivity contribution in [3.05, 3.63) is 44.3 Å². The van der Waals surface area contributed by atoms with Crippen LogP contribution in [0, 0.1) is 13.9 Å². The standard InChI is InChI=1S/C16H17N5O6S3/c17-15(20-21(25)26)18-7-1-2-11(14(22)23)19-16(24)27-10-5-3-9(4-6-10)12-8-13(28)30-29-12/h3-6,8,11H,1-2,7H2,(H,19,24)(H,22,23)(H3,17,18,20)/p-1. The summed E-state index contributed by atoms with van der Waals surface area (Å²) in [5.41, 5.74) is 7.81. The summed E-state index contributed by atoms with van der Waals surface area (Å²) in [6, 6.07) is 7.23. The third kappa shape index (κ3) is 7.73. The molecular formula is C16H16N5O6S3-. The Morgan fingerprint density at radius 3 is 2.57 bits per heavy atom. The van der Waals surface area contributed by atoms with Crippen LogP contribution in [0.5, 0.6) is 5.75 Å². The second kappa shape index (κ2) is 11.2. The van der Waals surface area contributed by atoms with Crippen LogP contribution in [-0.4, -0.2) is 35.6 Å². The first-order chi connectivity index (χ1) is 14.2. The summed E-state index contributed by atoms with van der Waals surface area (Å²) in [6.45, 7) is 0.0181. The molecule has 11 nitrogen and oxygen atoms in total. The van der Waals surface area contributed by atoms with E-state index in [9.17, 15) is 24.8 Å². The van der Waals surface area contributed by atoms with Crippen molar-refractivity contribution >= 4 is 50.9 Å². The van der Waals surface area contributed by atoms with E-state index in [1.165, 1.54) is 20.7 Å². The number of nitrogens with zero attached hydrogens (tertiary/aromatic N) is 2. The average Bonchev–Trinajstić information content (AvgIpc) is 3.10. The number of carbonyl (C=O) groups excluding carboxylic acids is 2. The van der Waals surface area contributed by atoms with Crippen molar-refractivity contribution in [2.24, 2.45) is 10.7 Å². The second-order valence-corrected chi connectivity index (χ2v) is 8.61. The lowest BCUT2D eigenvalue weighted by Gasteiger charge is -2.19. The summed E-state index contributed by atoms with van der Waals surface area (Å²) in [5, 5.41) is 22.7. The zero-order chi connectivity index (χ0) is 22.1. The van der Waals surface area contributed by atoms with Crippen LogP contribution in [-0.2, 0) is 4.79 Å². The average molecular weight is 471 g/mol. The summed E-state index contributed by atoms with van der Waals surface area (Å²) >= 11 is 5.10. The molecule has 0 aliphatic rings. The molecule has 1 amide bonds. The maximum Gasteiger partial charge on any atom is 0.413 e. The van der Waals surface area contributed by atoms with Gasteiger partial charge in [0.05, 0.1) is 12.0 Å². The Balaban J connectivity index is 1.85. The third-order valence-electron chi connectivity index (χ3n) is 3.53. The number of aliphatic carboxylic acids is 1. The molecule has 0 radical (unpaired) electrons. The molecule has 4 N–H and O–H groups in total. The summed E-state index contributed by atoms with van der Waals surface area (Å²) in [7, 11) is 3.03. The zero-order valence-electron chi connectivity index (χ0n) is 15.2. The van der Waals surface area contributed by atoms with Gasteiger partial charge in [0.15, 0.2) is 5.03 Å². The Morgan fingerprint density at radius 1 is 1.30 bits per heavy atom. The van der Waals surface area contributed by atoms with E-state index in [2.05, 4.69) is 10.3 Å². The molecule has 0 bridgehead atoms. The van der Waals surface area contributed by atoms with Gasteiger partial charge in [-0.3, -0.25) is 0 Å². The number of hydrogen-bond donors (Lipinski definition) is 3. The number of benzene rings is 1. The largest absolute Gasteiger partial charge is 0.548 e. The predicted octanol–water partition coefficient (Wildman–Crippen LogP) is 1.29. The quantitative estimate of drug-likeness (QED) is 0.0928. The van der Waals surface area contributed by atoms with E-state index in [4.69, 9.17) is 22.7 Å². The predicted molar refractivity (Wildman–Crippen MR) is 112 cm³/mol. The van der Waals surface area contributed by atoms with Crippen molar-refractivity contribution in [3.63, 3.8) is 0 Å². The number of nitrogens with two attached hydrogens (primary N) is 1. The van der Waals surface area contributed by atoms with Crippen LogP contribution in [0.3, 0.4) is 0 Å². The van der Waals surface area contributed by atoms with E-state index in [1.54, 1.807) is 29.7 Å². The van der Waals surface area contributed by atoms with E-state index in [0.717, 1.165) is 14.3 Å². The monoisotopic (exact) mass is 470 g/mol. The smallest absolute Gasteiger partial charge is 0.413 e. The molecule has 1 aromatic carbocycles. The lowest BCUT2D eigenvalue weighted by atomic mass is 10.1. The van der Waals surface area contributed by atoms with Crippen molar-refractivity contribution in [2.45, 2.75) is 18.9 Å². The molecule has 30 heavy (non-hydrogen) atoms. The van der Waals surface area contributed by atoms with Crippen LogP contribution >= 0.6 is 32.9 Å².